The molecule has 0 spiro atoms. The Balaban J connectivity index is 1.14. The van der Waals surface area contributed by atoms with Crippen molar-refractivity contribution in [2.24, 2.45) is 5.92 Å². The summed E-state index contributed by atoms with van der Waals surface area (Å²) in [6, 6.07) is 11.4. The molecule has 4 aliphatic heterocycles. The van der Waals surface area contributed by atoms with Crippen LogP contribution in [0.4, 0.5) is 10.2 Å². The Hall–Kier alpha value is -4.04. The number of ether oxygens (including phenoxy) is 1. The Morgan fingerprint density at radius 1 is 1.08 bits per heavy atom. The zero-order valence-electron chi connectivity index (χ0n) is 28.1. The Labute approximate surface area is 291 Å². The molecule has 2 atom stereocenters. The molecule has 6 heterocycles. The summed E-state index contributed by atoms with van der Waals surface area (Å²) >= 11 is 6.64. The molecule has 2 aromatic heterocycles. The molecular weight excluding hydrogens is 641 g/mol. The van der Waals surface area contributed by atoms with E-state index in [2.05, 4.69) is 33.7 Å². The maximum Gasteiger partial charge on any atom is 0.319 e. The summed E-state index contributed by atoms with van der Waals surface area (Å²) in [5, 5.41) is 2.65. The summed E-state index contributed by atoms with van der Waals surface area (Å²) in [5.74, 6) is 6.16. The lowest BCUT2D eigenvalue weighted by atomic mass is 9.95. The molecule has 11 heteroatoms. The first-order valence-corrected chi connectivity index (χ1v) is 17.8. The molecule has 0 radical (unpaired) electrons. The van der Waals surface area contributed by atoms with E-state index in [9.17, 15) is 4.79 Å². The molecule has 2 aromatic carbocycles. The average Bonchev–Trinajstić information content (AvgIpc) is 3.91. The first-order valence-electron chi connectivity index (χ1n) is 17.4. The van der Waals surface area contributed by atoms with E-state index in [1.807, 2.05) is 47.2 Å². The highest BCUT2D eigenvalue weighted by atomic mass is 35.5. The fourth-order valence-corrected chi connectivity index (χ4v) is 8.69. The first-order chi connectivity index (χ1) is 23.8. The Morgan fingerprint density at radius 2 is 1.88 bits per heavy atom. The molecule has 8 rings (SSSR count). The number of aromatic nitrogens is 3. The number of pyridine rings is 1. The van der Waals surface area contributed by atoms with Crippen LogP contribution in [0.5, 0.6) is 6.01 Å². The fourth-order valence-electron chi connectivity index (χ4n) is 8.41. The molecule has 2 unspecified atom stereocenters. The van der Waals surface area contributed by atoms with Gasteiger partial charge in [-0.3, -0.25) is 14.7 Å². The topological polar surface area (TPSA) is 77.9 Å². The van der Waals surface area contributed by atoms with Crippen molar-refractivity contribution >= 4 is 45.0 Å². The monoisotopic (exact) mass is 681 g/mol. The van der Waals surface area contributed by atoms with Crippen molar-refractivity contribution in [1.82, 2.24) is 29.7 Å². The summed E-state index contributed by atoms with van der Waals surface area (Å²) in [7, 11) is 4.02. The van der Waals surface area contributed by atoms with Crippen LogP contribution >= 0.6 is 11.6 Å². The molecule has 1 amide bonds. The minimum absolute atomic E-state index is 0.0205. The van der Waals surface area contributed by atoms with Gasteiger partial charge in [0.2, 0.25) is 0 Å². The number of halogens is 2. The quantitative estimate of drug-likeness (QED) is 0.242. The molecule has 4 aromatic rings. The third-order valence-corrected chi connectivity index (χ3v) is 11.5. The highest BCUT2D eigenvalue weighted by Gasteiger charge is 2.45. The minimum atomic E-state index is -0.551. The number of carbonyl (C=O) groups excluding carboxylic acids is 1. The van der Waals surface area contributed by atoms with Crippen molar-refractivity contribution in [3.8, 4) is 29.1 Å². The number of amides is 1. The van der Waals surface area contributed by atoms with Crippen LogP contribution in [0, 0.1) is 23.6 Å². The van der Waals surface area contributed by atoms with Gasteiger partial charge >= 0.3 is 6.01 Å². The van der Waals surface area contributed by atoms with Gasteiger partial charge in [0.05, 0.1) is 10.9 Å². The summed E-state index contributed by atoms with van der Waals surface area (Å²) in [6.07, 6.45) is 7.81. The van der Waals surface area contributed by atoms with Crippen molar-refractivity contribution in [1.29, 1.82) is 0 Å². The third-order valence-electron chi connectivity index (χ3n) is 11.1. The fraction of sp³-hybridized carbons (Fsp3) is 0.474. The van der Waals surface area contributed by atoms with Crippen molar-refractivity contribution < 1.29 is 13.9 Å². The number of likely N-dealkylation sites (N-methyl/N-ethyl adjacent to an activating group) is 1. The summed E-state index contributed by atoms with van der Waals surface area (Å²) in [5.41, 5.74) is 0.893. The van der Waals surface area contributed by atoms with E-state index in [0.29, 0.717) is 41.5 Å². The Kier molecular flexibility index (Phi) is 8.55. The molecule has 9 nitrogen and oxygen atoms in total. The van der Waals surface area contributed by atoms with E-state index in [0.717, 1.165) is 75.5 Å². The number of benzene rings is 2. The van der Waals surface area contributed by atoms with Crippen molar-refractivity contribution in [2.45, 2.75) is 50.1 Å². The predicted molar refractivity (Wildman–Crippen MR) is 190 cm³/mol. The van der Waals surface area contributed by atoms with Crippen molar-refractivity contribution in [3.05, 3.63) is 53.4 Å². The SMILES string of the molecule is CN1CCC(C#CC(=O)N2CCC(N(C)c3nc(OCC45CCCN4CCC5)nc4c(F)c(-c5cccc6cccc(Cl)c56)ncc34)C2)C1. The van der Waals surface area contributed by atoms with Crippen molar-refractivity contribution in [3.63, 3.8) is 0 Å². The normalized spacial score (nSPS) is 22.1. The van der Waals surface area contributed by atoms with Gasteiger partial charge in [0.25, 0.3) is 5.91 Å². The standard InChI is InChI=1S/C38H41ClFN7O2/c1-44-19-13-25(22-44)11-12-31(48)46-20-14-27(23-46)45(2)36-29-21-41-34(28-9-3-7-26-8-4-10-30(39)32(26)28)33(40)35(29)42-37(43-36)49-24-38-15-5-17-47(38)18-6-16-38/h3-4,7-10,21,25,27H,5-6,13-20,22-24H2,1-2H3. The number of fused-ring (bicyclic) bond motifs is 3. The molecule has 4 aliphatic rings. The number of anilines is 1. The molecule has 49 heavy (non-hydrogen) atoms. The van der Waals surface area contributed by atoms with E-state index >= 15 is 4.39 Å². The lowest BCUT2D eigenvalue weighted by Gasteiger charge is -2.31. The molecule has 0 aliphatic carbocycles. The van der Waals surface area contributed by atoms with Gasteiger partial charge < -0.3 is 19.4 Å². The number of nitrogens with zero attached hydrogens (tertiary/aromatic N) is 7. The van der Waals surface area contributed by atoms with E-state index in [1.165, 1.54) is 0 Å². The molecule has 4 fully saturated rings. The van der Waals surface area contributed by atoms with Gasteiger partial charge in [0, 0.05) is 60.8 Å². The lowest BCUT2D eigenvalue weighted by molar-refractivity contribution is -0.124. The molecular formula is C38H41ClFN7O2. The first kappa shape index (κ1) is 32.2. The minimum Gasteiger partial charge on any atom is -0.461 e. The van der Waals surface area contributed by atoms with Gasteiger partial charge in [-0.1, -0.05) is 47.9 Å². The van der Waals surface area contributed by atoms with Gasteiger partial charge in [-0.05, 0) is 82.6 Å². The number of carbonyl (C=O) groups is 1. The Bertz CT molecular complexity index is 1980. The van der Waals surface area contributed by atoms with Gasteiger partial charge in [-0.2, -0.15) is 9.97 Å². The van der Waals surface area contributed by atoms with Gasteiger partial charge in [0.15, 0.2) is 5.82 Å². The second-order valence-corrected chi connectivity index (χ2v) is 14.6. The van der Waals surface area contributed by atoms with Crippen LogP contribution < -0.4 is 9.64 Å². The highest BCUT2D eigenvalue weighted by Crippen LogP contribution is 2.40. The molecule has 0 N–H and O–H groups in total. The largest absolute Gasteiger partial charge is 0.461 e. The number of likely N-dealkylation sites (tertiary alicyclic amines) is 2. The second kappa shape index (κ2) is 13.0. The smallest absolute Gasteiger partial charge is 0.319 e. The number of hydrogen-bond acceptors (Lipinski definition) is 8. The van der Waals surface area contributed by atoms with Crippen LogP contribution in [0.15, 0.2) is 42.6 Å². The van der Waals surface area contributed by atoms with Crippen molar-refractivity contribution in [2.75, 3.05) is 64.9 Å². The molecule has 0 saturated carbocycles. The van der Waals surface area contributed by atoms with E-state index in [1.54, 1.807) is 12.3 Å². The third kappa shape index (κ3) is 5.96. The highest BCUT2D eigenvalue weighted by molar-refractivity contribution is 6.36. The van der Waals surface area contributed by atoms with Crippen LogP contribution in [-0.2, 0) is 4.79 Å². The maximum absolute atomic E-state index is 16.8. The van der Waals surface area contributed by atoms with Crippen LogP contribution in [0.25, 0.3) is 32.9 Å². The van der Waals surface area contributed by atoms with Crippen LogP contribution in [0.2, 0.25) is 5.02 Å². The van der Waals surface area contributed by atoms with Crippen LogP contribution in [0.1, 0.15) is 38.5 Å². The van der Waals surface area contributed by atoms with E-state index < -0.39 is 5.82 Å². The molecule has 254 valence electrons. The summed E-state index contributed by atoms with van der Waals surface area (Å²) < 4.78 is 23.2. The lowest BCUT2D eigenvalue weighted by Crippen LogP contribution is -2.43. The number of rotatable bonds is 6. The zero-order chi connectivity index (χ0) is 33.7. The average molecular weight is 682 g/mol. The van der Waals surface area contributed by atoms with E-state index in [-0.39, 0.29) is 40.6 Å². The van der Waals surface area contributed by atoms with Gasteiger partial charge in [-0.25, -0.2) is 4.39 Å². The molecule has 4 saturated heterocycles. The van der Waals surface area contributed by atoms with E-state index in [4.69, 9.17) is 26.3 Å². The summed E-state index contributed by atoms with van der Waals surface area (Å²) in [4.78, 5) is 35.9. The van der Waals surface area contributed by atoms with Gasteiger partial charge in [0.1, 0.15) is 23.6 Å². The zero-order valence-corrected chi connectivity index (χ0v) is 28.8. The second-order valence-electron chi connectivity index (χ2n) is 14.2. The summed E-state index contributed by atoms with van der Waals surface area (Å²) in [6.45, 7) is 5.61. The van der Waals surface area contributed by atoms with Crippen LogP contribution in [0.3, 0.4) is 0 Å². The maximum atomic E-state index is 16.8. The Morgan fingerprint density at radius 3 is 2.65 bits per heavy atom. The van der Waals surface area contributed by atoms with Crippen LogP contribution in [-0.4, -0.2) is 107 Å². The predicted octanol–water partition coefficient (Wildman–Crippen LogP) is 5.64. The molecule has 0 bridgehead atoms. The van der Waals surface area contributed by atoms with Gasteiger partial charge in [-0.15, -0.1) is 0 Å². The number of hydrogen-bond donors (Lipinski definition) is 0.